The number of halogens is 1. The van der Waals surface area contributed by atoms with Crippen LogP contribution in [-0.2, 0) is 12.8 Å². The second kappa shape index (κ2) is 6.66. The van der Waals surface area contributed by atoms with Crippen molar-refractivity contribution in [3.63, 3.8) is 0 Å². The van der Waals surface area contributed by atoms with Gasteiger partial charge >= 0.3 is 0 Å². The average molecular weight is 368 g/mol. The second-order valence-electron chi connectivity index (χ2n) is 6.43. The summed E-state index contributed by atoms with van der Waals surface area (Å²) < 4.78 is 0. The minimum atomic E-state index is 0.00447. The van der Waals surface area contributed by atoms with Crippen molar-refractivity contribution in [2.24, 2.45) is 0 Å². The van der Waals surface area contributed by atoms with Crippen molar-refractivity contribution in [3.05, 3.63) is 86.8 Å². The zero-order valence-electron chi connectivity index (χ0n) is 13.7. The van der Waals surface area contributed by atoms with Crippen LogP contribution in [0.15, 0.2) is 54.6 Å². The van der Waals surface area contributed by atoms with Crippen LogP contribution in [0.2, 0.25) is 5.02 Å². The van der Waals surface area contributed by atoms with Crippen molar-refractivity contribution in [1.82, 2.24) is 0 Å². The highest BCUT2D eigenvalue weighted by Gasteiger charge is 2.29. The molecule has 0 radical (unpaired) electrons. The zero-order valence-corrected chi connectivity index (χ0v) is 15.2. The van der Waals surface area contributed by atoms with Crippen LogP contribution in [0.4, 0.5) is 5.00 Å². The van der Waals surface area contributed by atoms with Crippen LogP contribution in [0.3, 0.4) is 0 Å². The lowest BCUT2D eigenvalue weighted by atomic mass is 9.82. The molecule has 1 heterocycles. The average Bonchev–Trinajstić information content (AvgIpc) is 2.97. The maximum atomic E-state index is 12.9. The number of anilines is 1. The molecule has 25 heavy (non-hydrogen) atoms. The molecule has 4 rings (SSSR count). The predicted molar refractivity (Wildman–Crippen MR) is 105 cm³/mol. The lowest BCUT2D eigenvalue weighted by molar-refractivity contribution is 0.103. The van der Waals surface area contributed by atoms with Crippen LogP contribution in [0.1, 0.15) is 44.3 Å². The largest absolute Gasteiger partial charge is 0.390 e. The van der Waals surface area contributed by atoms with Gasteiger partial charge in [0, 0.05) is 15.5 Å². The first kappa shape index (κ1) is 16.4. The predicted octanol–water partition coefficient (Wildman–Crippen LogP) is 5.49. The highest BCUT2D eigenvalue weighted by Crippen LogP contribution is 2.42. The molecule has 1 aliphatic carbocycles. The molecule has 1 unspecified atom stereocenters. The number of hydrogen-bond acceptors (Lipinski definition) is 3. The van der Waals surface area contributed by atoms with Gasteiger partial charge in [-0.15, -0.1) is 11.3 Å². The van der Waals surface area contributed by atoms with E-state index >= 15 is 0 Å². The zero-order chi connectivity index (χ0) is 17.4. The highest BCUT2D eigenvalue weighted by atomic mass is 35.5. The van der Waals surface area contributed by atoms with Crippen molar-refractivity contribution >= 4 is 33.7 Å². The fourth-order valence-corrected chi connectivity index (χ4v) is 4.93. The number of hydrogen-bond donors (Lipinski definition) is 1. The molecule has 0 fully saturated rings. The molecule has 1 atom stereocenters. The van der Waals surface area contributed by atoms with Gasteiger partial charge in [-0.25, -0.2) is 0 Å². The Morgan fingerprint density at radius 3 is 2.52 bits per heavy atom. The van der Waals surface area contributed by atoms with Crippen molar-refractivity contribution < 1.29 is 4.79 Å². The van der Waals surface area contributed by atoms with E-state index in [1.807, 2.05) is 6.07 Å². The number of carbonyl (C=O) groups excluding carboxylic acids is 1. The Labute approximate surface area is 156 Å². The molecule has 1 aliphatic rings. The summed E-state index contributed by atoms with van der Waals surface area (Å²) in [7, 11) is 0. The van der Waals surface area contributed by atoms with Gasteiger partial charge < -0.3 is 5.73 Å². The van der Waals surface area contributed by atoms with Gasteiger partial charge in [0.1, 0.15) is 0 Å². The number of thiophene rings is 1. The molecule has 0 amide bonds. The molecular weight excluding hydrogens is 350 g/mol. The third kappa shape index (κ3) is 3.10. The lowest BCUT2D eigenvalue weighted by Crippen LogP contribution is -2.14. The molecule has 4 heteroatoms. The Hall–Kier alpha value is -2.10. The van der Waals surface area contributed by atoms with E-state index in [0.29, 0.717) is 27.1 Å². The topological polar surface area (TPSA) is 43.1 Å². The monoisotopic (exact) mass is 367 g/mol. The summed E-state index contributed by atoms with van der Waals surface area (Å²) in [6.45, 7) is 0. The summed E-state index contributed by atoms with van der Waals surface area (Å²) in [5, 5.41) is 1.27. The standard InChI is InChI=1S/C21H18ClNOS/c22-16-9-6-14(7-10-16)20(24)19-17-11-8-15(12-18(17)25-21(19)23)13-4-2-1-3-5-13/h1-7,9-10,15H,8,11-12,23H2. The summed E-state index contributed by atoms with van der Waals surface area (Å²) in [4.78, 5) is 14.2. The van der Waals surface area contributed by atoms with Crippen LogP contribution in [-0.4, -0.2) is 5.78 Å². The number of fused-ring (bicyclic) bond motifs is 1. The molecule has 0 spiro atoms. The first-order valence-electron chi connectivity index (χ1n) is 8.38. The van der Waals surface area contributed by atoms with E-state index < -0.39 is 0 Å². The van der Waals surface area contributed by atoms with Crippen LogP contribution in [0.5, 0.6) is 0 Å². The number of nitrogen functional groups attached to an aromatic ring is 1. The van der Waals surface area contributed by atoms with Crippen LogP contribution in [0, 0.1) is 0 Å². The van der Waals surface area contributed by atoms with Crippen LogP contribution >= 0.6 is 22.9 Å². The third-order valence-corrected chi connectivity index (χ3v) is 6.23. The van der Waals surface area contributed by atoms with Gasteiger partial charge in [-0.05, 0) is 60.6 Å². The van der Waals surface area contributed by atoms with Gasteiger partial charge in [0.2, 0.25) is 0 Å². The molecule has 2 nitrogen and oxygen atoms in total. The van der Waals surface area contributed by atoms with Crippen molar-refractivity contribution in [2.75, 3.05) is 5.73 Å². The van der Waals surface area contributed by atoms with E-state index in [-0.39, 0.29) is 5.78 Å². The SMILES string of the molecule is Nc1sc2c(c1C(=O)c1ccc(Cl)cc1)CCC(c1ccccc1)C2. The molecule has 0 bridgehead atoms. The molecule has 3 aromatic rings. The summed E-state index contributed by atoms with van der Waals surface area (Å²) in [6.07, 6.45) is 2.91. The van der Waals surface area contributed by atoms with Gasteiger partial charge in [-0.3, -0.25) is 4.79 Å². The normalized spacial score (nSPS) is 16.4. The fourth-order valence-electron chi connectivity index (χ4n) is 3.61. The third-order valence-electron chi connectivity index (χ3n) is 4.90. The van der Waals surface area contributed by atoms with Gasteiger partial charge in [-0.2, -0.15) is 0 Å². The number of ketones is 1. The minimum absolute atomic E-state index is 0.00447. The van der Waals surface area contributed by atoms with E-state index in [4.69, 9.17) is 17.3 Å². The van der Waals surface area contributed by atoms with Gasteiger partial charge in [0.25, 0.3) is 0 Å². The Kier molecular flexibility index (Phi) is 4.36. The van der Waals surface area contributed by atoms with E-state index in [0.717, 1.165) is 24.8 Å². The Morgan fingerprint density at radius 2 is 1.80 bits per heavy atom. The molecule has 2 N–H and O–H groups in total. The number of rotatable bonds is 3. The molecule has 1 aromatic heterocycles. The molecule has 126 valence electrons. The maximum Gasteiger partial charge on any atom is 0.196 e. The number of nitrogens with two attached hydrogens (primary N) is 1. The Morgan fingerprint density at radius 1 is 1.08 bits per heavy atom. The highest BCUT2D eigenvalue weighted by molar-refractivity contribution is 7.16. The molecular formula is C21H18ClNOS. The van der Waals surface area contributed by atoms with E-state index in [1.165, 1.54) is 10.4 Å². The summed E-state index contributed by atoms with van der Waals surface area (Å²) in [5.41, 5.74) is 10.1. The second-order valence-corrected chi connectivity index (χ2v) is 8.00. The summed E-state index contributed by atoms with van der Waals surface area (Å²) >= 11 is 7.50. The molecule has 0 saturated heterocycles. The smallest absolute Gasteiger partial charge is 0.196 e. The maximum absolute atomic E-state index is 12.9. The van der Waals surface area contributed by atoms with E-state index in [9.17, 15) is 4.79 Å². The van der Waals surface area contributed by atoms with Crippen molar-refractivity contribution in [3.8, 4) is 0 Å². The lowest BCUT2D eigenvalue weighted by Gasteiger charge is -2.23. The van der Waals surface area contributed by atoms with Crippen molar-refractivity contribution in [1.29, 1.82) is 0 Å². The molecule has 2 aromatic carbocycles. The first-order chi connectivity index (χ1) is 12.1. The van der Waals surface area contributed by atoms with Crippen LogP contribution in [0.25, 0.3) is 0 Å². The molecule has 0 aliphatic heterocycles. The first-order valence-corrected chi connectivity index (χ1v) is 9.58. The van der Waals surface area contributed by atoms with Gasteiger partial charge in [0.15, 0.2) is 5.78 Å². The van der Waals surface area contributed by atoms with Crippen molar-refractivity contribution in [2.45, 2.75) is 25.2 Å². The summed E-state index contributed by atoms with van der Waals surface area (Å²) in [5.74, 6) is 0.509. The Bertz CT molecular complexity index is 915. The molecule has 0 saturated carbocycles. The van der Waals surface area contributed by atoms with Gasteiger partial charge in [0.05, 0.1) is 10.6 Å². The Balaban J connectivity index is 1.66. The fraction of sp³-hybridized carbons (Fsp3) is 0.190. The quantitative estimate of drug-likeness (QED) is 0.622. The summed E-state index contributed by atoms with van der Waals surface area (Å²) in [6, 6.07) is 17.6. The number of carbonyl (C=O) groups is 1. The minimum Gasteiger partial charge on any atom is -0.390 e. The van der Waals surface area contributed by atoms with E-state index in [2.05, 4.69) is 24.3 Å². The van der Waals surface area contributed by atoms with Gasteiger partial charge in [-0.1, -0.05) is 41.9 Å². The number of benzene rings is 2. The van der Waals surface area contributed by atoms with Crippen LogP contribution < -0.4 is 5.73 Å². The van der Waals surface area contributed by atoms with E-state index in [1.54, 1.807) is 35.6 Å².